The van der Waals surface area contributed by atoms with Gasteiger partial charge < -0.3 is 9.47 Å². The molecular weight excluding hydrogens is 344 g/mol. The van der Waals surface area contributed by atoms with E-state index in [-0.39, 0.29) is 5.91 Å². The molecule has 2 aromatic rings. The summed E-state index contributed by atoms with van der Waals surface area (Å²) in [6.45, 7) is 4.22. The Morgan fingerprint density at radius 1 is 1.29 bits per heavy atom. The van der Waals surface area contributed by atoms with Crippen LogP contribution in [-0.4, -0.2) is 57.2 Å². The molecule has 1 aliphatic heterocycles. The molecule has 2 heterocycles. The van der Waals surface area contributed by atoms with E-state index in [1.54, 1.807) is 6.20 Å². The van der Waals surface area contributed by atoms with Crippen molar-refractivity contribution in [2.45, 2.75) is 11.7 Å². The minimum atomic E-state index is 0.186. The van der Waals surface area contributed by atoms with Gasteiger partial charge in [-0.1, -0.05) is 35.5 Å². The summed E-state index contributed by atoms with van der Waals surface area (Å²) in [7, 11) is 1.94. The number of rotatable bonds is 5. The highest BCUT2D eigenvalue weighted by molar-refractivity contribution is 7.99. The Morgan fingerprint density at radius 3 is 2.75 bits per heavy atom. The second kappa shape index (κ2) is 8.05. The van der Waals surface area contributed by atoms with Crippen molar-refractivity contribution in [3.63, 3.8) is 0 Å². The summed E-state index contributed by atoms with van der Waals surface area (Å²) < 4.78 is 1.93. The van der Waals surface area contributed by atoms with E-state index < -0.39 is 0 Å². The largest absolute Gasteiger partial charge is 0.339 e. The first-order valence-electron chi connectivity index (χ1n) is 7.96. The third-order valence-electron chi connectivity index (χ3n) is 4.12. The van der Waals surface area contributed by atoms with Gasteiger partial charge in [0.25, 0.3) is 0 Å². The first-order chi connectivity index (χ1) is 11.6. The first-order valence-corrected chi connectivity index (χ1v) is 9.33. The highest BCUT2D eigenvalue weighted by Gasteiger charge is 2.21. The molecule has 1 aromatic heterocycles. The standard InChI is InChI=1S/C17H21ClN4OS/c1-20-6-5-19-17(20)24-13-16(23)22-9-7-21(8-10-22)12-14-3-2-4-15(18)11-14/h2-6,11H,7-10,12-13H2,1H3. The molecule has 0 aliphatic carbocycles. The fourth-order valence-corrected chi connectivity index (χ4v) is 3.81. The van der Waals surface area contributed by atoms with Crippen LogP contribution in [0.25, 0.3) is 0 Å². The van der Waals surface area contributed by atoms with Crippen molar-refractivity contribution >= 4 is 29.3 Å². The molecule has 1 amide bonds. The molecule has 0 atom stereocenters. The lowest BCUT2D eigenvalue weighted by Crippen LogP contribution is -2.48. The van der Waals surface area contributed by atoms with Gasteiger partial charge in [0.15, 0.2) is 5.16 Å². The molecule has 0 saturated carbocycles. The van der Waals surface area contributed by atoms with Crippen LogP contribution in [0.15, 0.2) is 41.8 Å². The molecule has 0 N–H and O–H groups in total. The van der Waals surface area contributed by atoms with Gasteiger partial charge in [0, 0.05) is 57.2 Å². The van der Waals surface area contributed by atoms with Crippen molar-refractivity contribution in [2.75, 3.05) is 31.9 Å². The summed E-state index contributed by atoms with van der Waals surface area (Å²) in [5, 5.41) is 1.65. The number of aromatic nitrogens is 2. The fraction of sp³-hybridized carbons (Fsp3) is 0.412. The predicted molar refractivity (Wildman–Crippen MR) is 97.2 cm³/mol. The lowest BCUT2D eigenvalue weighted by atomic mass is 10.2. The molecule has 0 bridgehead atoms. The Labute approximate surface area is 151 Å². The Morgan fingerprint density at radius 2 is 2.08 bits per heavy atom. The summed E-state index contributed by atoms with van der Waals surface area (Å²) in [4.78, 5) is 20.9. The number of aryl methyl sites for hydroxylation is 1. The average Bonchev–Trinajstić information content (AvgIpc) is 2.98. The van der Waals surface area contributed by atoms with E-state index in [4.69, 9.17) is 11.6 Å². The van der Waals surface area contributed by atoms with Crippen LogP contribution in [0.4, 0.5) is 0 Å². The van der Waals surface area contributed by atoms with E-state index >= 15 is 0 Å². The Balaban J connectivity index is 1.44. The zero-order valence-electron chi connectivity index (χ0n) is 13.7. The van der Waals surface area contributed by atoms with Crippen LogP contribution in [0.1, 0.15) is 5.56 Å². The maximum Gasteiger partial charge on any atom is 0.233 e. The number of carbonyl (C=O) groups excluding carboxylic acids is 1. The van der Waals surface area contributed by atoms with Crippen molar-refractivity contribution in [2.24, 2.45) is 7.05 Å². The monoisotopic (exact) mass is 364 g/mol. The molecule has 1 aromatic carbocycles. The molecule has 0 unspecified atom stereocenters. The van der Waals surface area contributed by atoms with Gasteiger partial charge in [-0.3, -0.25) is 9.69 Å². The Bertz CT molecular complexity index is 697. The lowest BCUT2D eigenvalue weighted by molar-refractivity contribution is -0.130. The zero-order valence-corrected chi connectivity index (χ0v) is 15.3. The highest BCUT2D eigenvalue weighted by Crippen LogP contribution is 2.17. The Kier molecular flexibility index (Phi) is 5.81. The van der Waals surface area contributed by atoms with E-state index in [2.05, 4.69) is 16.0 Å². The van der Waals surface area contributed by atoms with Crippen LogP contribution in [0.3, 0.4) is 0 Å². The maximum atomic E-state index is 12.3. The van der Waals surface area contributed by atoms with E-state index in [9.17, 15) is 4.79 Å². The van der Waals surface area contributed by atoms with Gasteiger partial charge in [-0.05, 0) is 17.7 Å². The van der Waals surface area contributed by atoms with Gasteiger partial charge in [-0.25, -0.2) is 4.98 Å². The summed E-state index contributed by atoms with van der Waals surface area (Å²) in [6, 6.07) is 7.96. The molecule has 128 valence electrons. The van der Waals surface area contributed by atoms with E-state index in [1.807, 2.05) is 40.9 Å². The maximum absolute atomic E-state index is 12.3. The molecular formula is C17H21ClN4OS. The summed E-state index contributed by atoms with van der Waals surface area (Å²) >= 11 is 7.53. The summed E-state index contributed by atoms with van der Waals surface area (Å²) in [6.07, 6.45) is 3.64. The van der Waals surface area contributed by atoms with Gasteiger partial charge >= 0.3 is 0 Å². The van der Waals surface area contributed by atoms with E-state index in [0.29, 0.717) is 5.75 Å². The molecule has 1 fully saturated rings. The van der Waals surface area contributed by atoms with Gasteiger partial charge in [0.2, 0.25) is 5.91 Å². The average molecular weight is 365 g/mol. The van der Waals surface area contributed by atoms with Gasteiger partial charge in [0.1, 0.15) is 0 Å². The van der Waals surface area contributed by atoms with Crippen LogP contribution in [0.2, 0.25) is 5.02 Å². The molecule has 1 saturated heterocycles. The van der Waals surface area contributed by atoms with Crippen molar-refractivity contribution in [3.8, 4) is 0 Å². The summed E-state index contributed by atoms with van der Waals surface area (Å²) in [5.74, 6) is 0.629. The van der Waals surface area contributed by atoms with Crippen LogP contribution in [0, 0.1) is 0 Å². The van der Waals surface area contributed by atoms with E-state index in [0.717, 1.165) is 42.9 Å². The van der Waals surface area contributed by atoms with Crippen molar-refractivity contribution in [1.82, 2.24) is 19.4 Å². The number of amides is 1. The number of halogens is 1. The highest BCUT2D eigenvalue weighted by atomic mass is 35.5. The van der Waals surface area contributed by atoms with Crippen molar-refractivity contribution in [1.29, 1.82) is 0 Å². The topological polar surface area (TPSA) is 41.4 Å². The number of hydrogen-bond acceptors (Lipinski definition) is 4. The fourth-order valence-electron chi connectivity index (χ4n) is 2.76. The van der Waals surface area contributed by atoms with Crippen LogP contribution < -0.4 is 0 Å². The SMILES string of the molecule is Cn1ccnc1SCC(=O)N1CCN(Cc2cccc(Cl)c2)CC1. The third kappa shape index (κ3) is 4.53. The number of hydrogen-bond donors (Lipinski definition) is 0. The number of nitrogens with zero attached hydrogens (tertiary/aromatic N) is 4. The quantitative estimate of drug-likeness (QED) is 0.764. The molecule has 3 rings (SSSR count). The number of benzene rings is 1. The minimum Gasteiger partial charge on any atom is -0.339 e. The van der Waals surface area contributed by atoms with E-state index in [1.165, 1.54) is 17.3 Å². The Hall–Kier alpha value is -1.50. The second-order valence-electron chi connectivity index (χ2n) is 5.90. The number of piperazine rings is 1. The number of imidazole rings is 1. The normalized spacial score (nSPS) is 15.7. The van der Waals surface area contributed by atoms with Gasteiger partial charge in [0.05, 0.1) is 5.75 Å². The first kappa shape index (κ1) is 17.3. The predicted octanol–water partition coefficient (Wildman–Crippen LogP) is 2.51. The van der Waals surface area contributed by atoms with Gasteiger partial charge in [-0.2, -0.15) is 0 Å². The van der Waals surface area contributed by atoms with Crippen LogP contribution >= 0.6 is 23.4 Å². The minimum absolute atomic E-state index is 0.186. The molecule has 24 heavy (non-hydrogen) atoms. The smallest absolute Gasteiger partial charge is 0.233 e. The van der Waals surface area contributed by atoms with Crippen LogP contribution in [-0.2, 0) is 18.4 Å². The number of thioether (sulfide) groups is 1. The van der Waals surface area contributed by atoms with Crippen LogP contribution in [0.5, 0.6) is 0 Å². The summed E-state index contributed by atoms with van der Waals surface area (Å²) in [5.41, 5.74) is 1.22. The number of carbonyl (C=O) groups is 1. The molecule has 5 nitrogen and oxygen atoms in total. The molecule has 7 heteroatoms. The van der Waals surface area contributed by atoms with Crippen molar-refractivity contribution < 1.29 is 4.79 Å². The molecule has 0 spiro atoms. The van der Waals surface area contributed by atoms with Gasteiger partial charge in [-0.15, -0.1) is 0 Å². The zero-order chi connectivity index (χ0) is 16.9. The van der Waals surface area contributed by atoms with Crippen molar-refractivity contribution in [3.05, 3.63) is 47.2 Å². The molecule has 1 aliphatic rings. The second-order valence-corrected chi connectivity index (χ2v) is 7.28. The molecule has 0 radical (unpaired) electrons. The third-order valence-corrected chi connectivity index (χ3v) is 5.40. The lowest BCUT2D eigenvalue weighted by Gasteiger charge is -2.34.